The first-order valence-corrected chi connectivity index (χ1v) is 8.06. The number of hydrogen-bond donors (Lipinski definition) is 1. The van der Waals surface area contributed by atoms with Crippen molar-refractivity contribution in [3.63, 3.8) is 0 Å². The quantitative estimate of drug-likeness (QED) is 0.772. The Bertz CT molecular complexity index is 985. The molecule has 0 aliphatic rings. The fourth-order valence-corrected chi connectivity index (χ4v) is 2.77. The molecule has 1 aromatic heterocycles. The molecule has 6 heteroatoms. The van der Waals surface area contributed by atoms with Gasteiger partial charge in [-0.3, -0.25) is 13.9 Å². The van der Waals surface area contributed by atoms with Gasteiger partial charge in [0.05, 0.1) is 11.0 Å². The molecule has 3 aromatic rings. The molecular formula is C19H21N3O3. The molecule has 0 unspecified atom stereocenters. The minimum Gasteiger partial charge on any atom is -0.484 e. The third-order valence-corrected chi connectivity index (χ3v) is 4.19. The molecule has 1 N–H and O–H groups in total. The van der Waals surface area contributed by atoms with Crippen LogP contribution in [-0.2, 0) is 25.4 Å². The molecule has 25 heavy (non-hydrogen) atoms. The Morgan fingerprint density at radius 3 is 2.60 bits per heavy atom. The highest BCUT2D eigenvalue weighted by molar-refractivity contribution is 5.79. The summed E-state index contributed by atoms with van der Waals surface area (Å²) in [6, 6.07) is 13.3. The Kier molecular flexibility index (Phi) is 4.61. The number of carbonyl (C=O) groups is 1. The number of hydrogen-bond acceptors (Lipinski definition) is 3. The van der Waals surface area contributed by atoms with Crippen LogP contribution in [0.25, 0.3) is 11.0 Å². The lowest BCUT2D eigenvalue weighted by Gasteiger charge is -2.08. The second kappa shape index (κ2) is 6.84. The van der Waals surface area contributed by atoms with E-state index in [1.54, 1.807) is 23.2 Å². The molecule has 1 heterocycles. The fourth-order valence-electron chi connectivity index (χ4n) is 2.77. The summed E-state index contributed by atoms with van der Waals surface area (Å²) in [6.07, 6.45) is 0. The van der Waals surface area contributed by atoms with Crippen LogP contribution in [0.1, 0.15) is 11.1 Å². The molecule has 0 bridgehead atoms. The summed E-state index contributed by atoms with van der Waals surface area (Å²) in [6.45, 7) is 2.32. The van der Waals surface area contributed by atoms with Crippen molar-refractivity contribution in [1.29, 1.82) is 0 Å². The molecule has 0 spiro atoms. The van der Waals surface area contributed by atoms with Crippen LogP contribution < -0.4 is 15.7 Å². The topological polar surface area (TPSA) is 65.3 Å². The van der Waals surface area contributed by atoms with Gasteiger partial charge in [0, 0.05) is 20.6 Å². The van der Waals surface area contributed by atoms with Gasteiger partial charge in [-0.1, -0.05) is 18.2 Å². The first-order valence-electron chi connectivity index (χ1n) is 8.06. The number of aromatic nitrogens is 2. The van der Waals surface area contributed by atoms with E-state index in [2.05, 4.69) is 5.32 Å². The van der Waals surface area contributed by atoms with E-state index in [-0.39, 0.29) is 18.2 Å². The zero-order valence-electron chi connectivity index (χ0n) is 14.6. The largest absolute Gasteiger partial charge is 0.484 e. The van der Waals surface area contributed by atoms with E-state index in [4.69, 9.17) is 4.74 Å². The molecule has 130 valence electrons. The summed E-state index contributed by atoms with van der Waals surface area (Å²) < 4.78 is 8.69. The number of imidazole rings is 1. The lowest BCUT2D eigenvalue weighted by Crippen LogP contribution is -2.28. The first-order chi connectivity index (χ1) is 12.0. The molecular weight excluding hydrogens is 318 g/mol. The Hall–Kier alpha value is -3.02. The summed E-state index contributed by atoms with van der Waals surface area (Å²) in [5.74, 6) is 0.486. The van der Waals surface area contributed by atoms with Gasteiger partial charge >= 0.3 is 5.69 Å². The van der Waals surface area contributed by atoms with Crippen molar-refractivity contribution in [3.8, 4) is 5.75 Å². The van der Waals surface area contributed by atoms with Crippen LogP contribution in [0.5, 0.6) is 5.75 Å². The number of amides is 1. The van der Waals surface area contributed by atoms with E-state index < -0.39 is 0 Å². The third kappa shape index (κ3) is 3.57. The minimum absolute atomic E-state index is 0.0322. The lowest BCUT2D eigenvalue weighted by molar-refractivity contribution is -0.123. The van der Waals surface area contributed by atoms with Crippen LogP contribution >= 0.6 is 0 Å². The van der Waals surface area contributed by atoms with Gasteiger partial charge in [0.15, 0.2) is 6.61 Å². The summed E-state index contributed by atoms with van der Waals surface area (Å²) in [5.41, 5.74) is 3.65. The van der Waals surface area contributed by atoms with Crippen molar-refractivity contribution in [3.05, 3.63) is 64.1 Å². The predicted octanol–water partition coefficient (Wildman–Crippen LogP) is 1.88. The molecule has 2 aromatic carbocycles. The molecule has 1 amide bonds. The van der Waals surface area contributed by atoms with Gasteiger partial charge in [0.25, 0.3) is 5.91 Å². The number of aryl methyl sites for hydroxylation is 3. The Morgan fingerprint density at radius 1 is 1.08 bits per heavy atom. The van der Waals surface area contributed by atoms with Crippen molar-refractivity contribution in [1.82, 2.24) is 14.5 Å². The summed E-state index contributed by atoms with van der Waals surface area (Å²) in [5, 5.41) is 2.83. The number of benzene rings is 2. The van der Waals surface area contributed by atoms with E-state index in [0.29, 0.717) is 12.3 Å². The normalized spacial score (nSPS) is 10.8. The molecule has 0 fully saturated rings. The van der Waals surface area contributed by atoms with Gasteiger partial charge in [-0.25, -0.2) is 4.79 Å². The highest BCUT2D eigenvalue weighted by Gasteiger charge is 2.09. The highest BCUT2D eigenvalue weighted by Crippen LogP contribution is 2.14. The number of ether oxygens (including phenoxy) is 1. The highest BCUT2D eigenvalue weighted by atomic mass is 16.5. The SMILES string of the molecule is Cc1cccc(OCC(=O)NCc2ccc3c(c2)n(C)c(=O)n3C)c1. The van der Waals surface area contributed by atoms with Crippen LogP contribution in [0, 0.1) is 6.92 Å². The second-order valence-electron chi connectivity index (χ2n) is 6.11. The van der Waals surface area contributed by atoms with Crippen molar-refractivity contribution in [2.45, 2.75) is 13.5 Å². The van der Waals surface area contributed by atoms with Crippen LogP contribution in [0.3, 0.4) is 0 Å². The molecule has 0 atom stereocenters. The zero-order valence-corrected chi connectivity index (χ0v) is 14.6. The maximum atomic E-state index is 12.0. The molecule has 0 saturated heterocycles. The second-order valence-corrected chi connectivity index (χ2v) is 6.11. The van der Waals surface area contributed by atoms with Crippen LogP contribution in [0.2, 0.25) is 0 Å². The maximum absolute atomic E-state index is 12.0. The minimum atomic E-state index is -0.191. The third-order valence-electron chi connectivity index (χ3n) is 4.19. The van der Waals surface area contributed by atoms with Crippen molar-refractivity contribution >= 4 is 16.9 Å². The van der Waals surface area contributed by atoms with E-state index in [1.165, 1.54) is 0 Å². The average molecular weight is 339 g/mol. The van der Waals surface area contributed by atoms with E-state index in [9.17, 15) is 9.59 Å². The number of carbonyl (C=O) groups excluding carboxylic acids is 1. The van der Waals surface area contributed by atoms with Gasteiger partial charge in [-0.2, -0.15) is 0 Å². The van der Waals surface area contributed by atoms with Gasteiger partial charge in [-0.15, -0.1) is 0 Å². The van der Waals surface area contributed by atoms with Gasteiger partial charge in [-0.05, 0) is 42.3 Å². The number of nitrogens with zero attached hydrogens (tertiary/aromatic N) is 2. The van der Waals surface area contributed by atoms with E-state index in [0.717, 1.165) is 22.2 Å². The fraction of sp³-hybridized carbons (Fsp3) is 0.263. The van der Waals surface area contributed by atoms with Crippen molar-refractivity contribution < 1.29 is 9.53 Å². The molecule has 0 aliphatic heterocycles. The van der Waals surface area contributed by atoms with Crippen LogP contribution in [-0.4, -0.2) is 21.6 Å². The van der Waals surface area contributed by atoms with Crippen molar-refractivity contribution in [2.75, 3.05) is 6.61 Å². The summed E-state index contributed by atoms with van der Waals surface area (Å²) >= 11 is 0. The molecule has 0 saturated carbocycles. The smallest absolute Gasteiger partial charge is 0.328 e. The molecule has 3 rings (SSSR count). The zero-order chi connectivity index (χ0) is 18.0. The predicted molar refractivity (Wildman–Crippen MR) is 96.7 cm³/mol. The van der Waals surface area contributed by atoms with Crippen molar-refractivity contribution in [2.24, 2.45) is 14.1 Å². The molecule has 0 radical (unpaired) electrons. The lowest BCUT2D eigenvalue weighted by atomic mass is 10.2. The Balaban J connectivity index is 1.61. The maximum Gasteiger partial charge on any atom is 0.328 e. The van der Waals surface area contributed by atoms with E-state index >= 15 is 0 Å². The number of nitrogens with one attached hydrogen (secondary N) is 1. The standard InChI is InChI=1S/C19H21N3O3/c1-13-5-4-6-15(9-13)25-12-18(23)20-11-14-7-8-16-17(10-14)22(3)19(24)21(16)2/h4-10H,11-12H2,1-3H3,(H,20,23). The van der Waals surface area contributed by atoms with Crippen LogP contribution in [0.15, 0.2) is 47.3 Å². The summed E-state index contributed by atoms with van der Waals surface area (Å²) in [7, 11) is 3.48. The van der Waals surface area contributed by atoms with Gasteiger partial charge in [0.1, 0.15) is 5.75 Å². The Labute approximate surface area is 145 Å². The van der Waals surface area contributed by atoms with Crippen LogP contribution in [0.4, 0.5) is 0 Å². The van der Waals surface area contributed by atoms with Gasteiger partial charge in [0.2, 0.25) is 0 Å². The first kappa shape index (κ1) is 16.8. The van der Waals surface area contributed by atoms with Gasteiger partial charge < -0.3 is 10.1 Å². The number of fused-ring (bicyclic) bond motifs is 1. The number of rotatable bonds is 5. The molecule has 6 nitrogen and oxygen atoms in total. The summed E-state index contributed by atoms with van der Waals surface area (Å²) in [4.78, 5) is 23.9. The molecule has 0 aliphatic carbocycles. The Morgan fingerprint density at radius 2 is 1.84 bits per heavy atom. The average Bonchev–Trinajstić information content (AvgIpc) is 2.82. The van der Waals surface area contributed by atoms with E-state index in [1.807, 2.05) is 49.4 Å². The monoisotopic (exact) mass is 339 g/mol.